The third-order valence-corrected chi connectivity index (χ3v) is 6.48. The van der Waals surface area contributed by atoms with Crippen molar-refractivity contribution in [1.82, 2.24) is 0 Å². The van der Waals surface area contributed by atoms with Crippen LogP contribution in [0.4, 0.5) is 5.69 Å². The molecule has 3 saturated carbocycles. The number of sulfone groups is 1. The van der Waals surface area contributed by atoms with Crippen LogP contribution >= 0.6 is 0 Å². The predicted molar refractivity (Wildman–Crippen MR) is 74.8 cm³/mol. The molecule has 19 heavy (non-hydrogen) atoms. The van der Waals surface area contributed by atoms with Gasteiger partial charge in [-0.05, 0) is 67.2 Å². The van der Waals surface area contributed by atoms with Crippen molar-refractivity contribution in [3.8, 4) is 0 Å². The number of fused-ring (bicyclic) bond motifs is 5. The molecule has 1 aromatic rings. The lowest BCUT2D eigenvalue weighted by molar-refractivity contribution is 0.456. The number of nitrogens with one attached hydrogen (secondary N) is 1. The first-order chi connectivity index (χ1) is 9.04. The van der Waals surface area contributed by atoms with Gasteiger partial charge in [0.15, 0.2) is 9.84 Å². The van der Waals surface area contributed by atoms with E-state index in [0.717, 1.165) is 29.4 Å². The summed E-state index contributed by atoms with van der Waals surface area (Å²) in [6.45, 7) is 0. The molecule has 4 atom stereocenters. The number of hydrogen-bond donors (Lipinski definition) is 1. The molecule has 4 heteroatoms. The van der Waals surface area contributed by atoms with Crippen molar-refractivity contribution in [2.45, 2.75) is 30.2 Å². The monoisotopic (exact) mass is 277 g/mol. The van der Waals surface area contributed by atoms with E-state index >= 15 is 0 Å². The zero-order valence-electron chi connectivity index (χ0n) is 11.0. The quantitative estimate of drug-likeness (QED) is 0.923. The Balaban J connectivity index is 1.48. The highest BCUT2D eigenvalue weighted by Crippen LogP contribution is 2.66. The minimum Gasteiger partial charge on any atom is -0.382 e. The molecule has 3 aliphatic carbocycles. The summed E-state index contributed by atoms with van der Waals surface area (Å²) in [5.74, 6) is 3.72. The second kappa shape index (κ2) is 3.75. The van der Waals surface area contributed by atoms with Crippen LogP contribution < -0.4 is 5.32 Å². The molecule has 0 saturated heterocycles. The summed E-state index contributed by atoms with van der Waals surface area (Å²) in [5, 5.41) is 3.60. The maximum atomic E-state index is 11.4. The van der Waals surface area contributed by atoms with E-state index in [2.05, 4.69) is 5.32 Å². The molecule has 0 aliphatic heterocycles. The maximum absolute atomic E-state index is 11.4. The lowest BCUT2D eigenvalue weighted by Crippen LogP contribution is -2.12. The summed E-state index contributed by atoms with van der Waals surface area (Å²) in [6, 6.07) is 7.84. The molecule has 3 aliphatic rings. The van der Waals surface area contributed by atoms with Crippen LogP contribution in [0.3, 0.4) is 0 Å². The first-order valence-corrected chi connectivity index (χ1v) is 9.00. The summed E-state index contributed by atoms with van der Waals surface area (Å²) in [6.07, 6.45) is 5.56. The van der Waals surface area contributed by atoms with Gasteiger partial charge in [0.1, 0.15) is 0 Å². The van der Waals surface area contributed by atoms with Crippen molar-refractivity contribution in [1.29, 1.82) is 0 Å². The van der Waals surface area contributed by atoms with Crippen molar-refractivity contribution in [3.05, 3.63) is 24.3 Å². The Morgan fingerprint density at radius 3 is 2.16 bits per heavy atom. The molecule has 0 radical (unpaired) electrons. The van der Waals surface area contributed by atoms with Crippen LogP contribution in [0.2, 0.25) is 0 Å². The number of hydrogen-bond acceptors (Lipinski definition) is 3. The molecule has 0 spiro atoms. The van der Waals surface area contributed by atoms with Gasteiger partial charge in [0.25, 0.3) is 0 Å². The van der Waals surface area contributed by atoms with Gasteiger partial charge < -0.3 is 5.32 Å². The van der Waals surface area contributed by atoms with Gasteiger partial charge in [-0.1, -0.05) is 0 Å². The molecule has 1 N–H and O–H groups in total. The average Bonchev–Trinajstić information content (AvgIpc) is 2.77. The number of anilines is 1. The molecule has 2 bridgehead atoms. The first-order valence-electron chi connectivity index (χ1n) is 7.11. The molecule has 102 valence electrons. The van der Waals surface area contributed by atoms with Crippen molar-refractivity contribution < 1.29 is 8.42 Å². The zero-order valence-corrected chi connectivity index (χ0v) is 11.9. The van der Waals surface area contributed by atoms with Crippen LogP contribution in [-0.4, -0.2) is 20.7 Å². The van der Waals surface area contributed by atoms with E-state index in [9.17, 15) is 8.42 Å². The van der Waals surface area contributed by atoms with Crippen molar-refractivity contribution >= 4 is 15.5 Å². The van der Waals surface area contributed by atoms with E-state index in [-0.39, 0.29) is 0 Å². The Labute approximate surface area is 114 Å². The minimum atomic E-state index is -3.08. The van der Waals surface area contributed by atoms with Crippen molar-refractivity contribution in [3.63, 3.8) is 0 Å². The zero-order chi connectivity index (χ0) is 13.2. The van der Waals surface area contributed by atoms with Crippen LogP contribution in [0, 0.1) is 23.7 Å². The highest BCUT2D eigenvalue weighted by molar-refractivity contribution is 7.90. The Hall–Kier alpha value is -1.03. The largest absolute Gasteiger partial charge is 0.382 e. The standard InChI is InChI=1S/C15H19NO2S/c1-19(17,18)12-6-4-11(5-7-12)16-15-13-9-2-3-10(8-9)14(13)15/h4-7,9-10,13-16H,2-3,8H2,1H3. The van der Waals surface area contributed by atoms with Gasteiger partial charge in [0, 0.05) is 18.0 Å². The molecular weight excluding hydrogens is 258 g/mol. The molecule has 0 aromatic heterocycles. The lowest BCUT2D eigenvalue weighted by Gasteiger charge is -2.12. The lowest BCUT2D eigenvalue weighted by atomic mass is 10.0. The van der Waals surface area contributed by atoms with E-state index in [1.165, 1.54) is 25.5 Å². The van der Waals surface area contributed by atoms with E-state index in [1.54, 1.807) is 12.1 Å². The van der Waals surface area contributed by atoms with Gasteiger partial charge >= 0.3 is 0 Å². The van der Waals surface area contributed by atoms with E-state index in [0.29, 0.717) is 10.9 Å². The highest BCUT2D eigenvalue weighted by Gasteiger charge is 2.64. The maximum Gasteiger partial charge on any atom is 0.175 e. The Bertz CT molecular complexity index is 592. The van der Waals surface area contributed by atoms with Gasteiger partial charge in [-0.3, -0.25) is 0 Å². The summed E-state index contributed by atoms with van der Waals surface area (Å²) < 4.78 is 22.8. The molecular formula is C15H19NO2S. The van der Waals surface area contributed by atoms with E-state index < -0.39 is 9.84 Å². The Morgan fingerprint density at radius 2 is 1.63 bits per heavy atom. The SMILES string of the molecule is CS(=O)(=O)c1ccc(NC2C3C4CCC(C4)C23)cc1. The van der Waals surface area contributed by atoms with E-state index in [1.807, 2.05) is 12.1 Å². The van der Waals surface area contributed by atoms with Crippen LogP contribution in [0.25, 0.3) is 0 Å². The fourth-order valence-electron chi connectivity index (χ4n) is 4.51. The highest BCUT2D eigenvalue weighted by atomic mass is 32.2. The van der Waals surface area contributed by atoms with Crippen molar-refractivity contribution in [2.75, 3.05) is 11.6 Å². The summed E-state index contributed by atoms with van der Waals surface area (Å²) in [7, 11) is -3.08. The van der Waals surface area contributed by atoms with Crippen LogP contribution in [0.5, 0.6) is 0 Å². The van der Waals surface area contributed by atoms with Gasteiger partial charge in [-0.2, -0.15) is 0 Å². The van der Waals surface area contributed by atoms with Crippen molar-refractivity contribution in [2.24, 2.45) is 23.7 Å². The summed E-state index contributed by atoms with van der Waals surface area (Å²) in [4.78, 5) is 0.397. The second-order valence-corrected chi connectivity index (χ2v) is 8.47. The second-order valence-electron chi connectivity index (χ2n) is 6.45. The van der Waals surface area contributed by atoms with Crippen LogP contribution in [-0.2, 0) is 9.84 Å². The molecule has 3 nitrogen and oxygen atoms in total. The normalized spacial score (nSPS) is 39.1. The van der Waals surface area contributed by atoms with E-state index in [4.69, 9.17) is 0 Å². The molecule has 1 aromatic carbocycles. The fraction of sp³-hybridized carbons (Fsp3) is 0.600. The minimum absolute atomic E-state index is 0.397. The first kappa shape index (κ1) is 11.8. The molecule has 0 amide bonds. The molecule has 4 unspecified atom stereocenters. The van der Waals surface area contributed by atoms with Gasteiger partial charge in [0.2, 0.25) is 0 Å². The molecule has 3 fully saturated rings. The smallest absolute Gasteiger partial charge is 0.175 e. The molecule has 4 rings (SSSR count). The average molecular weight is 277 g/mol. The Morgan fingerprint density at radius 1 is 1.05 bits per heavy atom. The van der Waals surface area contributed by atoms with Crippen LogP contribution in [0.1, 0.15) is 19.3 Å². The summed E-state index contributed by atoms with van der Waals surface area (Å²) >= 11 is 0. The third kappa shape index (κ3) is 1.80. The topological polar surface area (TPSA) is 46.2 Å². The van der Waals surface area contributed by atoms with Gasteiger partial charge in [-0.15, -0.1) is 0 Å². The van der Waals surface area contributed by atoms with Gasteiger partial charge in [0.05, 0.1) is 4.90 Å². The third-order valence-electron chi connectivity index (χ3n) is 5.35. The summed E-state index contributed by atoms with van der Waals surface area (Å²) in [5.41, 5.74) is 1.06. The van der Waals surface area contributed by atoms with Crippen LogP contribution in [0.15, 0.2) is 29.2 Å². The number of benzene rings is 1. The molecule has 0 heterocycles. The van der Waals surface area contributed by atoms with Gasteiger partial charge in [-0.25, -0.2) is 8.42 Å². The fourth-order valence-corrected chi connectivity index (χ4v) is 5.14. The Kier molecular flexibility index (Phi) is 2.32. The predicted octanol–water partition coefficient (Wildman–Crippen LogP) is 2.55. The number of rotatable bonds is 3.